The first-order valence-corrected chi connectivity index (χ1v) is 19.2. The van der Waals surface area contributed by atoms with E-state index >= 15 is 0 Å². The van der Waals surface area contributed by atoms with E-state index in [9.17, 15) is 13.2 Å². The third-order valence-electron chi connectivity index (χ3n) is 9.11. The first-order valence-electron chi connectivity index (χ1n) is 17.8. The Labute approximate surface area is 303 Å². The number of carbonyl (C=O) groups is 1. The fraction of sp³-hybridized carbons (Fsp3) is 0.390. The molecule has 2 aromatic heterocycles. The largest absolute Gasteiger partial charge is 0.463 e. The quantitative estimate of drug-likeness (QED) is 0.0994. The number of pyridine rings is 1. The average molecular weight is 710 g/mol. The van der Waals surface area contributed by atoms with Gasteiger partial charge in [0.25, 0.3) is 0 Å². The molecule has 0 unspecified atom stereocenters. The topological polar surface area (TPSA) is 108 Å². The molecule has 5 aromatic rings. The highest BCUT2D eigenvalue weighted by Crippen LogP contribution is 2.25. The van der Waals surface area contributed by atoms with Crippen LogP contribution >= 0.6 is 0 Å². The van der Waals surface area contributed by atoms with Gasteiger partial charge in [-0.25, -0.2) is 13.4 Å². The van der Waals surface area contributed by atoms with Crippen LogP contribution in [0.2, 0.25) is 0 Å². The minimum Gasteiger partial charge on any atom is -0.463 e. The molecule has 2 heterocycles. The summed E-state index contributed by atoms with van der Waals surface area (Å²) in [6.45, 7) is 11.3. The number of H-pyrrole nitrogens is 1. The van der Waals surface area contributed by atoms with E-state index in [0.717, 1.165) is 39.2 Å². The molecule has 270 valence electrons. The van der Waals surface area contributed by atoms with Gasteiger partial charge in [-0.05, 0) is 66.5 Å². The number of aromatic amines is 1. The molecule has 0 aliphatic carbocycles. The molecule has 0 radical (unpaired) electrons. The molecule has 0 aliphatic heterocycles. The number of nitrogens with one attached hydrogen (secondary N) is 1. The zero-order chi connectivity index (χ0) is 36.5. The van der Waals surface area contributed by atoms with Gasteiger partial charge in [-0.2, -0.15) is 4.31 Å². The molecule has 0 saturated heterocycles. The Balaban J connectivity index is 1.32. The van der Waals surface area contributed by atoms with Crippen LogP contribution in [0.3, 0.4) is 0 Å². The van der Waals surface area contributed by atoms with E-state index in [0.29, 0.717) is 32.4 Å². The van der Waals surface area contributed by atoms with Gasteiger partial charge in [0, 0.05) is 32.8 Å². The zero-order valence-corrected chi connectivity index (χ0v) is 31.4. The molecule has 9 nitrogen and oxygen atoms in total. The summed E-state index contributed by atoms with van der Waals surface area (Å²) >= 11 is 0. The fourth-order valence-electron chi connectivity index (χ4n) is 6.47. The van der Waals surface area contributed by atoms with Gasteiger partial charge in [0.2, 0.25) is 10.0 Å². The number of hydrogen-bond acceptors (Lipinski definition) is 7. The number of fused-ring (bicyclic) bond motifs is 1. The highest BCUT2D eigenvalue weighted by atomic mass is 32.2. The summed E-state index contributed by atoms with van der Waals surface area (Å²) in [5.41, 5.74) is 5.70. The molecule has 0 aliphatic rings. The Morgan fingerprint density at radius 3 is 1.96 bits per heavy atom. The summed E-state index contributed by atoms with van der Waals surface area (Å²) in [4.78, 5) is 28.8. The zero-order valence-electron chi connectivity index (χ0n) is 30.6. The van der Waals surface area contributed by atoms with Crippen molar-refractivity contribution in [3.8, 4) is 0 Å². The lowest BCUT2D eigenvalue weighted by Gasteiger charge is -2.33. The number of hydrogen-bond donors (Lipinski definition) is 1. The third kappa shape index (κ3) is 10.1. The van der Waals surface area contributed by atoms with Crippen molar-refractivity contribution in [3.05, 3.63) is 125 Å². The maximum atomic E-state index is 14.1. The van der Waals surface area contributed by atoms with Gasteiger partial charge in [0.1, 0.15) is 24.0 Å². The maximum Gasteiger partial charge on any atom is 0.323 e. The van der Waals surface area contributed by atoms with Crippen molar-refractivity contribution in [1.82, 2.24) is 24.2 Å². The van der Waals surface area contributed by atoms with Crippen molar-refractivity contribution in [3.63, 3.8) is 0 Å². The Hall–Kier alpha value is -4.38. The summed E-state index contributed by atoms with van der Waals surface area (Å²) in [5.74, 6) is 0.891. The Morgan fingerprint density at radius 2 is 1.39 bits per heavy atom. The van der Waals surface area contributed by atoms with Crippen molar-refractivity contribution in [1.29, 1.82) is 0 Å². The van der Waals surface area contributed by atoms with Crippen molar-refractivity contribution in [2.24, 2.45) is 11.8 Å². The first-order chi connectivity index (χ1) is 24.4. The normalized spacial score (nSPS) is 13.4. The van der Waals surface area contributed by atoms with Crippen LogP contribution < -0.4 is 0 Å². The minimum atomic E-state index is -3.89. The molecule has 0 amide bonds. The molecule has 0 saturated carbocycles. The van der Waals surface area contributed by atoms with Crippen molar-refractivity contribution < 1.29 is 17.9 Å². The van der Waals surface area contributed by atoms with Crippen LogP contribution in [0.15, 0.2) is 102 Å². The van der Waals surface area contributed by atoms with E-state index in [1.807, 2.05) is 75.4 Å². The molecule has 5 rings (SSSR count). The van der Waals surface area contributed by atoms with Gasteiger partial charge in [-0.15, -0.1) is 0 Å². The van der Waals surface area contributed by atoms with Crippen LogP contribution in [0.4, 0.5) is 0 Å². The smallest absolute Gasteiger partial charge is 0.323 e. The van der Waals surface area contributed by atoms with Gasteiger partial charge >= 0.3 is 5.97 Å². The number of likely N-dealkylation sites (N-methyl/N-ethyl adjacent to an activating group) is 1. The lowest BCUT2D eigenvalue weighted by molar-refractivity contribution is -0.152. The second-order valence-electron chi connectivity index (χ2n) is 14.3. The molecule has 2 atom stereocenters. The molecule has 10 heteroatoms. The Bertz CT molecular complexity index is 1920. The highest BCUT2D eigenvalue weighted by Gasteiger charge is 2.33. The van der Waals surface area contributed by atoms with Gasteiger partial charge in [-0.1, -0.05) is 100 Å². The molecule has 1 N–H and O–H groups in total. The summed E-state index contributed by atoms with van der Waals surface area (Å²) < 4.78 is 35.4. The standard InChI is InChI=1S/C41H51N5O4S/c1-29(2)23-35(45(6)51(48,49)36-19-17-32(18-20-36)25-38-40-37(21-22-42-38)43-31(5)44-40)28-50-41(47)39(24-30(3)4)46(26-33-13-9-7-10-14-33)27-34-15-11-8-12-16-34/h7-22,29-30,35,39H,23-28H2,1-6H3,(H,43,44)/t35-,39-/m0/s1. The van der Waals surface area contributed by atoms with Crippen LogP contribution in [-0.2, 0) is 39.1 Å². The molecular weight excluding hydrogens is 659 g/mol. The lowest BCUT2D eigenvalue weighted by Crippen LogP contribution is -2.45. The molecule has 0 bridgehead atoms. The van der Waals surface area contributed by atoms with Gasteiger partial charge in [0.05, 0.1) is 22.1 Å². The Kier molecular flexibility index (Phi) is 12.8. The summed E-state index contributed by atoms with van der Waals surface area (Å²) in [6, 6.07) is 28.0. The van der Waals surface area contributed by atoms with Gasteiger partial charge in [0.15, 0.2) is 0 Å². The van der Waals surface area contributed by atoms with Gasteiger partial charge < -0.3 is 9.72 Å². The van der Waals surface area contributed by atoms with E-state index in [1.54, 1.807) is 25.4 Å². The summed E-state index contributed by atoms with van der Waals surface area (Å²) in [6.07, 6.45) is 3.41. The number of aromatic nitrogens is 3. The number of nitrogens with zero attached hydrogens (tertiary/aromatic N) is 4. The summed E-state index contributed by atoms with van der Waals surface area (Å²) in [7, 11) is -2.31. The van der Waals surface area contributed by atoms with Crippen molar-refractivity contribution in [2.75, 3.05) is 13.7 Å². The van der Waals surface area contributed by atoms with Crippen molar-refractivity contribution >= 4 is 27.0 Å². The van der Waals surface area contributed by atoms with Crippen LogP contribution in [-0.4, -0.2) is 64.3 Å². The van der Waals surface area contributed by atoms with E-state index in [1.165, 1.54) is 4.31 Å². The van der Waals surface area contributed by atoms with E-state index in [4.69, 9.17) is 4.74 Å². The first kappa shape index (κ1) is 37.9. The molecule has 0 spiro atoms. The van der Waals surface area contributed by atoms with E-state index in [2.05, 4.69) is 58.0 Å². The number of sulfonamides is 1. The fourth-order valence-corrected chi connectivity index (χ4v) is 7.82. The predicted molar refractivity (Wildman–Crippen MR) is 202 cm³/mol. The number of rotatable bonds is 17. The van der Waals surface area contributed by atoms with E-state index < -0.39 is 22.1 Å². The molecule has 51 heavy (non-hydrogen) atoms. The SMILES string of the molecule is Cc1nc2c(Cc3ccc(S(=O)(=O)N(C)[C@H](COC(=O)[C@H](CC(C)C)N(Cc4ccccc4)Cc4ccccc4)CC(C)C)cc3)nccc2[nH]1. The second-order valence-corrected chi connectivity index (χ2v) is 16.3. The van der Waals surface area contributed by atoms with Gasteiger partial charge in [-0.3, -0.25) is 14.7 Å². The number of aryl methyl sites for hydroxylation is 1. The van der Waals surface area contributed by atoms with Crippen LogP contribution in [0.5, 0.6) is 0 Å². The monoisotopic (exact) mass is 709 g/mol. The molecule has 3 aromatic carbocycles. The van der Waals surface area contributed by atoms with Crippen LogP contribution in [0, 0.1) is 18.8 Å². The number of esters is 1. The minimum absolute atomic E-state index is 0.0390. The van der Waals surface area contributed by atoms with Crippen LogP contribution in [0.1, 0.15) is 68.7 Å². The second kappa shape index (κ2) is 17.2. The number of imidazole rings is 1. The highest BCUT2D eigenvalue weighted by molar-refractivity contribution is 7.89. The summed E-state index contributed by atoms with van der Waals surface area (Å²) in [5, 5.41) is 0. The van der Waals surface area contributed by atoms with E-state index in [-0.39, 0.29) is 29.3 Å². The molecular formula is C41H51N5O4S. The maximum absolute atomic E-state index is 14.1. The number of benzene rings is 3. The third-order valence-corrected chi connectivity index (χ3v) is 11.0. The van der Waals surface area contributed by atoms with Crippen LogP contribution in [0.25, 0.3) is 11.0 Å². The average Bonchev–Trinajstić information content (AvgIpc) is 3.50. The number of carbonyl (C=O) groups excluding carboxylic acids is 1. The number of ether oxygens (including phenoxy) is 1. The molecule has 0 fully saturated rings. The predicted octanol–water partition coefficient (Wildman–Crippen LogP) is 7.55. The van der Waals surface area contributed by atoms with Crippen molar-refractivity contribution in [2.45, 2.75) is 83.9 Å². The Morgan fingerprint density at radius 1 is 0.804 bits per heavy atom. The lowest BCUT2D eigenvalue weighted by atomic mass is 10.0.